The van der Waals surface area contributed by atoms with E-state index in [1.54, 1.807) is 6.07 Å². The zero-order valence-electron chi connectivity index (χ0n) is 10.5. The zero-order chi connectivity index (χ0) is 12.8. The second-order valence-electron chi connectivity index (χ2n) is 4.71. The number of nitrogens with zero attached hydrogens (tertiary/aromatic N) is 1. The van der Waals surface area contributed by atoms with Crippen LogP contribution in [0.25, 0.3) is 0 Å². The van der Waals surface area contributed by atoms with E-state index < -0.39 is 0 Å². The minimum atomic E-state index is 0.0965. The Kier molecular flexibility index (Phi) is 4.45. The average molecular weight is 248 g/mol. The summed E-state index contributed by atoms with van der Waals surface area (Å²) < 4.78 is 6.02. The van der Waals surface area contributed by atoms with E-state index in [2.05, 4.69) is 5.16 Å². The van der Waals surface area contributed by atoms with Crippen LogP contribution < -0.4 is 10.5 Å². The molecule has 1 aromatic carbocycles. The molecule has 0 aliphatic heterocycles. The van der Waals surface area contributed by atoms with Gasteiger partial charge in [0.05, 0.1) is 11.7 Å². The molecule has 0 bridgehead atoms. The molecule has 2 rings (SSSR count). The van der Waals surface area contributed by atoms with Crippen LogP contribution in [0.3, 0.4) is 0 Å². The molecule has 1 saturated carbocycles. The van der Waals surface area contributed by atoms with Crippen molar-refractivity contribution in [3.63, 3.8) is 0 Å². The number of ether oxygens (including phenoxy) is 1. The topological polar surface area (TPSA) is 67.8 Å². The van der Waals surface area contributed by atoms with Gasteiger partial charge in [-0.2, -0.15) is 0 Å². The summed E-state index contributed by atoms with van der Waals surface area (Å²) in [4.78, 5) is 0. The Balaban J connectivity index is 2.12. The fraction of sp³-hybridized carbons (Fsp3) is 0.500. The van der Waals surface area contributed by atoms with Gasteiger partial charge < -0.3 is 15.7 Å². The Morgan fingerprint density at radius 2 is 1.83 bits per heavy atom. The number of amidine groups is 1. The van der Waals surface area contributed by atoms with Gasteiger partial charge in [-0.15, -0.1) is 0 Å². The summed E-state index contributed by atoms with van der Waals surface area (Å²) in [6.45, 7) is 0. The van der Waals surface area contributed by atoms with Crippen LogP contribution in [0, 0.1) is 0 Å². The highest BCUT2D eigenvalue weighted by Crippen LogP contribution is 2.25. The van der Waals surface area contributed by atoms with Crippen molar-refractivity contribution in [2.75, 3.05) is 0 Å². The van der Waals surface area contributed by atoms with E-state index in [1.165, 1.54) is 25.7 Å². The molecule has 0 amide bonds. The van der Waals surface area contributed by atoms with Gasteiger partial charge in [-0.3, -0.25) is 0 Å². The standard InChI is InChI=1S/C14H20N2O2/c15-14(16-17)12-9-5-6-10-13(12)18-11-7-3-1-2-4-8-11/h5-6,9-11,17H,1-4,7-8H2,(H2,15,16). The molecule has 1 aliphatic rings. The predicted molar refractivity (Wildman–Crippen MR) is 71.1 cm³/mol. The first-order chi connectivity index (χ1) is 8.81. The third kappa shape index (κ3) is 3.15. The van der Waals surface area contributed by atoms with Gasteiger partial charge in [0.15, 0.2) is 5.84 Å². The first-order valence-electron chi connectivity index (χ1n) is 6.55. The lowest BCUT2D eigenvalue weighted by Gasteiger charge is -2.18. The molecule has 1 aliphatic carbocycles. The Hall–Kier alpha value is -1.71. The maximum absolute atomic E-state index is 8.77. The smallest absolute Gasteiger partial charge is 0.173 e. The minimum absolute atomic E-state index is 0.0965. The van der Waals surface area contributed by atoms with Crippen LogP contribution in [0.1, 0.15) is 44.1 Å². The van der Waals surface area contributed by atoms with E-state index in [1.807, 2.05) is 18.2 Å². The monoisotopic (exact) mass is 248 g/mol. The van der Waals surface area contributed by atoms with Crippen LogP contribution in [-0.4, -0.2) is 17.1 Å². The van der Waals surface area contributed by atoms with Crippen LogP contribution >= 0.6 is 0 Å². The second kappa shape index (κ2) is 6.28. The largest absolute Gasteiger partial charge is 0.490 e. The molecule has 0 radical (unpaired) electrons. The van der Waals surface area contributed by atoms with Gasteiger partial charge >= 0.3 is 0 Å². The maximum atomic E-state index is 8.77. The van der Waals surface area contributed by atoms with Crippen LogP contribution in [-0.2, 0) is 0 Å². The summed E-state index contributed by atoms with van der Waals surface area (Å²) in [5.41, 5.74) is 6.31. The van der Waals surface area contributed by atoms with E-state index in [0.717, 1.165) is 12.8 Å². The fourth-order valence-electron chi connectivity index (χ4n) is 2.37. The number of rotatable bonds is 3. The quantitative estimate of drug-likeness (QED) is 0.284. The van der Waals surface area contributed by atoms with Crippen molar-refractivity contribution in [3.05, 3.63) is 29.8 Å². The molecule has 4 nitrogen and oxygen atoms in total. The van der Waals surface area contributed by atoms with E-state index in [0.29, 0.717) is 11.3 Å². The number of nitrogens with two attached hydrogens (primary N) is 1. The molecular formula is C14H20N2O2. The van der Waals surface area contributed by atoms with Crippen molar-refractivity contribution in [3.8, 4) is 5.75 Å². The molecule has 0 saturated heterocycles. The van der Waals surface area contributed by atoms with Crippen molar-refractivity contribution in [1.29, 1.82) is 0 Å². The first-order valence-corrected chi connectivity index (χ1v) is 6.55. The average Bonchev–Trinajstić information content (AvgIpc) is 2.67. The molecule has 0 atom stereocenters. The lowest BCUT2D eigenvalue weighted by atomic mass is 10.1. The van der Waals surface area contributed by atoms with Crippen LogP contribution in [0.4, 0.5) is 0 Å². The summed E-state index contributed by atoms with van der Waals surface area (Å²) in [5.74, 6) is 0.805. The van der Waals surface area contributed by atoms with E-state index in [9.17, 15) is 0 Å². The van der Waals surface area contributed by atoms with Gasteiger partial charge in [0.1, 0.15) is 5.75 Å². The maximum Gasteiger partial charge on any atom is 0.173 e. The Morgan fingerprint density at radius 1 is 1.17 bits per heavy atom. The number of hydrogen-bond acceptors (Lipinski definition) is 3. The SMILES string of the molecule is N/C(=N/O)c1ccccc1OC1CCCCCC1. The Morgan fingerprint density at radius 3 is 2.50 bits per heavy atom. The van der Waals surface area contributed by atoms with Gasteiger partial charge in [0, 0.05) is 0 Å². The zero-order valence-corrected chi connectivity index (χ0v) is 10.5. The summed E-state index contributed by atoms with van der Waals surface area (Å²) in [5, 5.41) is 11.8. The number of benzene rings is 1. The molecule has 4 heteroatoms. The van der Waals surface area contributed by atoms with E-state index >= 15 is 0 Å². The van der Waals surface area contributed by atoms with Crippen molar-refractivity contribution in [2.45, 2.75) is 44.6 Å². The minimum Gasteiger partial charge on any atom is -0.490 e. The van der Waals surface area contributed by atoms with Crippen LogP contribution in [0.5, 0.6) is 5.75 Å². The van der Waals surface area contributed by atoms with Crippen molar-refractivity contribution in [1.82, 2.24) is 0 Å². The van der Waals surface area contributed by atoms with E-state index in [-0.39, 0.29) is 11.9 Å². The lowest BCUT2D eigenvalue weighted by molar-refractivity contribution is 0.183. The normalized spacial score (nSPS) is 18.3. The third-order valence-electron chi connectivity index (χ3n) is 3.37. The summed E-state index contributed by atoms with van der Waals surface area (Å²) in [7, 11) is 0. The summed E-state index contributed by atoms with van der Waals surface area (Å²) >= 11 is 0. The van der Waals surface area contributed by atoms with Crippen LogP contribution in [0.2, 0.25) is 0 Å². The van der Waals surface area contributed by atoms with Gasteiger partial charge in [-0.1, -0.05) is 30.1 Å². The molecule has 0 spiro atoms. The lowest BCUT2D eigenvalue weighted by Crippen LogP contribution is -2.19. The predicted octanol–water partition coefficient (Wildman–Crippen LogP) is 2.88. The molecular weight excluding hydrogens is 228 g/mol. The molecule has 18 heavy (non-hydrogen) atoms. The summed E-state index contributed by atoms with van der Waals surface area (Å²) in [6, 6.07) is 7.44. The van der Waals surface area contributed by atoms with Crippen molar-refractivity contribution in [2.24, 2.45) is 10.9 Å². The van der Waals surface area contributed by atoms with Gasteiger partial charge in [-0.25, -0.2) is 0 Å². The third-order valence-corrected chi connectivity index (χ3v) is 3.37. The Labute approximate surface area is 107 Å². The highest BCUT2D eigenvalue weighted by atomic mass is 16.5. The van der Waals surface area contributed by atoms with Crippen LogP contribution in [0.15, 0.2) is 29.4 Å². The van der Waals surface area contributed by atoms with E-state index in [4.69, 9.17) is 15.7 Å². The van der Waals surface area contributed by atoms with Crippen molar-refractivity contribution >= 4 is 5.84 Å². The first kappa shape index (κ1) is 12.7. The molecule has 98 valence electrons. The number of oxime groups is 1. The molecule has 1 fully saturated rings. The highest BCUT2D eigenvalue weighted by molar-refractivity contribution is 5.99. The fourth-order valence-corrected chi connectivity index (χ4v) is 2.37. The van der Waals surface area contributed by atoms with Crippen molar-refractivity contribution < 1.29 is 9.94 Å². The molecule has 0 unspecified atom stereocenters. The van der Waals surface area contributed by atoms with Gasteiger partial charge in [-0.05, 0) is 37.8 Å². The summed E-state index contributed by atoms with van der Waals surface area (Å²) in [6.07, 6.45) is 7.45. The Bertz CT molecular complexity index is 410. The molecule has 0 aromatic heterocycles. The van der Waals surface area contributed by atoms with Gasteiger partial charge in [0.25, 0.3) is 0 Å². The molecule has 1 aromatic rings. The highest BCUT2D eigenvalue weighted by Gasteiger charge is 2.16. The second-order valence-corrected chi connectivity index (χ2v) is 4.71. The molecule has 0 heterocycles. The van der Waals surface area contributed by atoms with Gasteiger partial charge in [0.2, 0.25) is 0 Å². The number of hydrogen-bond donors (Lipinski definition) is 2. The molecule has 3 N–H and O–H groups in total. The number of para-hydroxylation sites is 1.